The van der Waals surface area contributed by atoms with Crippen LogP contribution in [0.4, 0.5) is 14.7 Å². The summed E-state index contributed by atoms with van der Waals surface area (Å²) >= 11 is 1.02. The molecule has 10 nitrogen and oxygen atoms in total. The van der Waals surface area contributed by atoms with E-state index in [2.05, 4.69) is 15.5 Å². The van der Waals surface area contributed by atoms with Crippen LogP contribution in [-0.2, 0) is 43.7 Å². The number of benzene rings is 3. The van der Waals surface area contributed by atoms with Crippen molar-refractivity contribution in [1.29, 1.82) is 0 Å². The van der Waals surface area contributed by atoms with Crippen LogP contribution in [0.1, 0.15) is 22.4 Å². The number of rotatable bonds is 10. The van der Waals surface area contributed by atoms with Gasteiger partial charge in [-0.3, -0.25) is 10.2 Å². The number of nitrogens with zero attached hydrogens (tertiary/aromatic N) is 2. The molecule has 0 radical (unpaired) electrons. The van der Waals surface area contributed by atoms with Crippen LogP contribution in [0.5, 0.6) is 0 Å². The van der Waals surface area contributed by atoms with E-state index < -0.39 is 18.2 Å². The number of aromatic nitrogens is 1. The number of amides is 1. The van der Waals surface area contributed by atoms with Crippen molar-refractivity contribution < 1.29 is 33.4 Å². The van der Waals surface area contributed by atoms with Gasteiger partial charge in [-0.25, -0.2) is 19.4 Å². The van der Waals surface area contributed by atoms with Crippen molar-refractivity contribution in [2.24, 2.45) is 5.16 Å². The first-order valence-corrected chi connectivity index (χ1v) is 12.5. The molecule has 0 saturated heterocycles. The number of carbonyl (C=O) groups is 3. The van der Waals surface area contributed by atoms with Crippen molar-refractivity contribution in [3.63, 3.8) is 0 Å². The summed E-state index contributed by atoms with van der Waals surface area (Å²) in [6.45, 7) is -0.0145. The summed E-state index contributed by atoms with van der Waals surface area (Å²) in [4.78, 5) is 46.2. The first-order chi connectivity index (χ1) is 19.1. The monoisotopic (exact) mass is 545 g/mol. The Morgan fingerprint density at radius 3 is 1.79 bits per heavy atom. The predicted molar refractivity (Wildman–Crippen MR) is 143 cm³/mol. The zero-order chi connectivity index (χ0) is 27.3. The molecule has 0 aliphatic carbocycles. The fourth-order valence-corrected chi connectivity index (χ4v) is 3.77. The summed E-state index contributed by atoms with van der Waals surface area (Å²) in [5.41, 5.74) is 1.95. The van der Waals surface area contributed by atoms with Crippen LogP contribution < -0.4 is 5.32 Å². The molecule has 1 heterocycles. The molecule has 4 rings (SSSR count). The number of hydrogen-bond acceptors (Lipinski definition) is 10. The van der Waals surface area contributed by atoms with Gasteiger partial charge in [0.2, 0.25) is 5.71 Å². The summed E-state index contributed by atoms with van der Waals surface area (Å²) < 4.78 is 15.6. The molecule has 0 aliphatic rings. The number of thiazole rings is 1. The van der Waals surface area contributed by atoms with Crippen LogP contribution in [0.25, 0.3) is 0 Å². The first kappa shape index (κ1) is 27.0. The summed E-state index contributed by atoms with van der Waals surface area (Å²) in [7, 11) is 0. The molecule has 39 heavy (non-hydrogen) atoms. The number of anilines is 1. The molecule has 1 N–H and O–H groups in total. The highest BCUT2D eigenvalue weighted by Crippen LogP contribution is 2.18. The molecule has 0 unspecified atom stereocenters. The number of ether oxygens (including phenoxy) is 3. The second kappa shape index (κ2) is 14.1. The summed E-state index contributed by atoms with van der Waals surface area (Å²) in [5, 5.41) is 7.74. The van der Waals surface area contributed by atoms with Gasteiger partial charge in [-0.2, -0.15) is 0 Å². The number of carbonyl (C=O) groups excluding carboxylic acids is 3. The average Bonchev–Trinajstić information content (AvgIpc) is 3.43. The van der Waals surface area contributed by atoms with Crippen molar-refractivity contribution in [3.8, 4) is 0 Å². The van der Waals surface area contributed by atoms with Gasteiger partial charge in [0, 0.05) is 5.38 Å². The molecule has 3 aromatic carbocycles. The number of esters is 1. The Balaban J connectivity index is 1.40. The van der Waals surface area contributed by atoms with E-state index in [0.717, 1.165) is 28.0 Å². The topological polar surface area (TPSA) is 125 Å². The lowest BCUT2D eigenvalue weighted by molar-refractivity contribution is -0.136. The Kier molecular flexibility index (Phi) is 9.73. The van der Waals surface area contributed by atoms with E-state index in [1.165, 1.54) is 5.38 Å². The fraction of sp³-hybridized carbons (Fsp3) is 0.107. The minimum Gasteiger partial charge on any atom is -0.456 e. The molecule has 0 saturated carbocycles. The molecule has 198 valence electrons. The maximum Gasteiger partial charge on any atom is 0.535 e. The maximum atomic E-state index is 12.9. The second-order valence-corrected chi connectivity index (χ2v) is 8.70. The van der Waals surface area contributed by atoms with Gasteiger partial charge in [-0.05, 0) is 16.7 Å². The smallest absolute Gasteiger partial charge is 0.456 e. The van der Waals surface area contributed by atoms with Crippen molar-refractivity contribution in [3.05, 3.63) is 119 Å². The van der Waals surface area contributed by atoms with Gasteiger partial charge in [0.25, 0.3) is 0 Å². The highest BCUT2D eigenvalue weighted by atomic mass is 32.1. The Morgan fingerprint density at radius 1 is 0.718 bits per heavy atom. The quantitative estimate of drug-likeness (QED) is 0.0885. The Hall–Kier alpha value is -5.03. The largest absolute Gasteiger partial charge is 0.535 e. The van der Waals surface area contributed by atoms with E-state index in [0.29, 0.717) is 0 Å². The molecular formula is C28H23N3O7S. The Labute approximate surface area is 227 Å². The second-order valence-electron chi connectivity index (χ2n) is 7.84. The van der Waals surface area contributed by atoms with Crippen LogP contribution >= 0.6 is 11.3 Å². The fourth-order valence-electron chi connectivity index (χ4n) is 3.09. The van der Waals surface area contributed by atoms with E-state index in [1.807, 2.05) is 42.5 Å². The van der Waals surface area contributed by atoms with Crippen molar-refractivity contribution in [2.45, 2.75) is 19.8 Å². The Morgan fingerprint density at radius 2 is 1.23 bits per heavy atom. The predicted octanol–water partition coefficient (Wildman–Crippen LogP) is 5.69. The molecule has 1 amide bonds. The number of hydrogen-bond donors (Lipinski definition) is 1. The molecular weight excluding hydrogens is 522 g/mol. The van der Waals surface area contributed by atoms with E-state index in [9.17, 15) is 14.4 Å². The number of nitrogens with one attached hydrogen (secondary N) is 1. The van der Waals surface area contributed by atoms with Gasteiger partial charge >= 0.3 is 18.2 Å². The standard InChI is InChI=1S/C28H23N3O7S/c32-25(35-16-20-10-4-1-5-11-20)24(31-38-28(34)37-18-22-14-8-3-9-15-22)23-19-39-26(29-23)30-27(33)36-17-21-12-6-2-7-13-21/h1-15,19H,16-18H2,(H,29,30,33). The van der Waals surface area contributed by atoms with Crippen LogP contribution in [0.2, 0.25) is 0 Å². The third-order valence-corrected chi connectivity index (χ3v) is 5.74. The average molecular weight is 546 g/mol. The van der Waals surface area contributed by atoms with E-state index in [4.69, 9.17) is 19.0 Å². The van der Waals surface area contributed by atoms with E-state index in [-0.39, 0.29) is 36.4 Å². The maximum absolute atomic E-state index is 12.9. The molecule has 0 aliphatic heterocycles. The molecule has 0 bridgehead atoms. The molecule has 0 spiro atoms. The molecule has 0 atom stereocenters. The molecule has 0 fully saturated rings. The molecule has 4 aromatic rings. The first-order valence-electron chi connectivity index (χ1n) is 11.7. The van der Waals surface area contributed by atoms with Gasteiger partial charge in [0.1, 0.15) is 25.5 Å². The zero-order valence-electron chi connectivity index (χ0n) is 20.5. The summed E-state index contributed by atoms with van der Waals surface area (Å²) in [5.74, 6) is -0.891. The zero-order valence-corrected chi connectivity index (χ0v) is 21.3. The van der Waals surface area contributed by atoms with Crippen LogP contribution in [-0.4, -0.2) is 28.9 Å². The van der Waals surface area contributed by atoms with Gasteiger partial charge < -0.3 is 14.2 Å². The minimum atomic E-state index is -1.12. The Bertz CT molecular complexity index is 1410. The third-order valence-electron chi connectivity index (χ3n) is 4.99. The number of oxime groups is 1. The van der Waals surface area contributed by atoms with Gasteiger partial charge in [0.15, 0.2) is 5.13 Å². The SMILES string of the molecule is O=C(Nc1nc(C(=NOC(=O)OCc2ccccc2)C(=O)OCc2ccccc2)cs1)OCc1ccccc1. The van der Waals surface area contributed by atoms with Gasteiger partial charge in [-0.1, -0.05) is 96.2 Å². The van der Waals surface area contributed by atoms with Crippen LogP contribution in [0.15, 0.2) is 102 Å². The molecule has 1 aromatic heterocycles. The summed E-state index contributed by atoms with van der Waals surface area (Å²) in [6.07, 6.45) is -1.85. The lowest BCUT2D eigenvalue weighted by Crippen LogP contribution is -2.21. The third kappa shape index (κ3) is 8.79. The molecule has 11 heteroatoms. The van der Waals surface area contributed by atoms with E-state index in [1.54, 1.807) is 48.5 Å². The van der Waals surface area contributed by atoms with Crippen molar-refractivity contribution in [1.82, 2.24) is 4.98 Å². The van der Waals surface area contributed by atoms with Gasteiger partial charge in [-0.15, -0.1) is 11.3 Å². The minimum absolute atomic E-state index is 0.0206. The lowest BCUT2D eigenvalue weighted by atomic mass is 10.2. The normalized spacial score (nSPS) is 10.8. The van der Waals surface area contributed by atoms with Crippen LogP contribution in [0.3, 0.4) is 0 Å². The lowest BCUT2D eigenvalue weighted by Gasteiger charge is -2.07. The van der Waals surface area contributed by atoms with Crippen LogP contribution in [0, 0.1) is 0 Å². The summed E-state index contributed by atoms with van der Waals surface area (Å²) in [6, 6.07) is 27.2. The highest BCUT2D eigenvalue weighted by molar-refractivity contribution is 7.14. The van der Waals surface area contributed by atoms with E-state index >= 15 is 0 Å². The van der Waals surface area contributed by atoms with Crippen molar-refractivity contribution in [2.75, 3.05) is 5.32 Å². The highest BCUT2D eigenvalue weighted by Gasteiger charge is 2.22. The van der Waals surface area contributed by atoms with Crippen molar-refractivity contribution >= 4 is 40.4 Å². The van der Waals surface area contributed by atoms with Gasteiger partial charge in [0.05, 0.1) is 0 Å².